The third kappa shape index (κ3) is 3.14. The zero-order chi connectivity index (χ0) is 10.5. The van der Waals surface area contributed by atoms with E-state index in [9.17, 15) is 0 Å². The molecule has 2 fully saturated rings. The highest BCUT2D eigenvalue weighted by atomic mass is 16.5. The number of ether oxygens (including phenoxy) is 2. The summed E-state index contributed by atoms with van der Waals surface area (Å²) >= 11 is 0. The summed E-state index contributed by atoms with van der Waals surface area (Å²) in [6.07, 6.45) is 4.70. The first-order valence-corrected chi connectivity index (χ1v) is 6.01. The Morgan fingerprint density at radius 3 is 2.47 bits per heavy atom. The minimum absolute atomic E-state index is 0.426. The van der Waals surface area contributed by atoms with Crippen LogP contribution in [0.5, 0.6) is 0 Å². The molecule has 0 spiro atoms. The van der Waals surface area contributed by atoms with Gasteiger partial charge in [-0.05, 0) is 31.6 Å². The highest BCUT2D eigenvalue weighted by Gasteiger charge is 2.27. The Balaban J connectivity index is 1.78. The van der Waals surface area contributed by atoms with Crippen LogP contribution in [0.15, 0.2) is 0 Å². The lowest BCUT2D eigenvalue weighted by atomic mass is 9.86. The summed E-state index contributed by atoms with van der Waals surface area (Å²) in [5, 5.41) is 0. The minimum Gasteiger partial charge on any atom is -0.381 e. The van der Waals surface area contributed by atoms with Gasteiger partial charge in [-0.3, -0.25) is 11.3 Å². The van der Waals surface area contributed by atoms with Crippen LogP contribution in [0.1, 0.15) is 25.7 Å². The second kappa shape index (κ2) is 5.80. The van der Waals surface area contributed by atoms with Gasteiger partial charge in [0.2, 0.25) is 0 Å². The summed E-state index contributed by atoms with van der Waals surface area (Å²) in [7, 11) is 0. The summed E-state index contributed by atoms with van der Waals surface area (Å²) < 4.78 is 10.8. The smallest absolute Gasteiger partial charge is 0.0510 e. The Kier molecular flexibility index (Phi) is 4.38. The van der Waals surface area contributed by atoms with Crippen molar-refractivity contribution >= 4 is 0 Å². The molecular weight excluding hydrogens is 192 g/mol. The summed E-state index contributed by atoms with van der Waals surface area (Å²) in [5.74, 6) is 7.02. The standard InChI is InChI=1S/C11H22N2O2/c12-13-11(10-3-6-15-8-10)7-9-1-4-14-5-2-9/h9-11,13H,1-8,12H2. The third-order valence-electron chi connectivity index (χ3n) is 3.68. The van der Waals surface area contributed by atoms with E-state index in [0.717, 1.165) is 38.8 Å². The molecule has 0 amide bonds. The Morgan fingerprint density at radius 1 is 1.13 bits per heavy atom. The third-order valence-corrected chi connectivity index (χ3v) is 3.68. The van der Waals surface area contributed by atoms with Crippen molar-refractivity contribution in [2.45, 2.75) is 31.7 Å². The maximum absolute atomic E-state index is 5.63. The maximum Gasteiger partial charge on any atom is 0.0510 e. The lowest BCUT2D eigenvalue weighted by Crippen LogP contribution is -2.43. The molecule has 2 aliphatic rings. The van der Waals surface area contributed by atoms with Gasteiger partial charge >= 0.3 is 0 Å². The number of hydrogen-bond acceptors (Lipinski definition) is 4. The van der Waals surface area contributed by atoms with Crippen molar-refractivity contribution in [1.29, 1.82) is 0 Å². The summed E-state index contributed by atoms with van der Waals surface area (Å²) in [5.41, 5.74) is 2.97. The molecule has 15 heavy (non-hydrogen) atoms. The van der Waals surface area contributed by atoms with E-state index in [4.69, 9.17) is 15.3 Å². The van der Waals surface area contributed by atoms with Crippen molar-refractivity contribution in [3.8, 4) is 0 Å². The molecule has 0 aromatic rings. The zero-order valence-electron chi connectivity index (χ0n) is 9.28. The van der Waals surface area contributed by atoms with Crippen LogP contribution in [0.3, 0.4) is 0 Å². The molecular formula is C11H22N2O2. The fraction of sp³-hybridized carbons (Fsp3) is 1.00. The fourth-order valence-electron chi connectivity index (χ4n) is 2.61. The van der Waals surface area contributed by atoms with Crippen LogP contribution in [0.2, 0.25) is 0 Å². The zero-order valence-corrected chi connectivity index (χ0v) is 9.28. The molecule has 88 valence electrons. The molecule has 0 saturated carbocycles. The van der Waals surface area contributed by atoms with Gasteiger partial charge in [-0.1, -0.05) is 0 Å². The molecule has 0 aliphatic carbocycles. The van der Waals surface area contributed by atoms with Crippen LogP contribution in [0, 0.1) is 11.8 Å². The Labute approximate surface area is 91.5 Å². The normalized spacial score (nSPS) is 30.6. The van der Waals surface area contributed by atoms with Gasteiger partial charge in [0, 0.05) is 31.8 Å². The molecule has 2 atom stereocenters. The summed E-state index contributed by atoms with van der Waals surface area (Å²) in [6, 6.07) is 0.426. The van der Waals surface area contributed by atoms with Crippen LogP contribution in [-0.2, 0) is 9.47 Å². The predicted molar refractivity (Wildman–Crippen MR) is 58.2 cm³/mol. The second-order valence-corrected chi connectivity index (χ2v) is 4.69. The Hall–Kier alpha value is -0.160. The molecule has 0 radical (unpaired) electrons. The summed E-state index contributed by atoms with van der Waals surface area (Å²) in [4.78, 5) is 0. The van der Waals surface area contributed by atoms with Gasteiger partial charge in [0.1, 0.15) is 0 Å². The number of rotatable bonds is 4. The largest absolute Gasteiger partial charge is 0.381 e. The topological polar surface area (TPSA) is 56.5 Å². The first-order valence-electron chi connectivity index (χ1n) is 6.01. The second-order valence-electron chi connectivity index (χ2n) is 4.69. The molecule has 2 rings (SSSR count). The average molecular weight is 214 g/mol. The van der Waals surface area contributed by atoms with Gasteiger partial charge in [0.25, 0.3) is 0 Å². The monoisotopic (exact) mass is 214 g/mol. The van der Waals surface area contributed by atoms with Crippen LogP contribution >= 0.6 is 0 Å². The van der Waals surface area contributed by atoms with Crippen LogP contribution < -0.4 is 11.3 Å². The molecule has 2 aliphatic heterocycles. The molecule has 0 bridgehead atoms. The van der Waals surface area contributed by atoms with Gasteiger partial charge < -0.3 is 9.47 Å². The molecule has 2 saturated heterocycles. The average Bonchev–Trinajstić information content (AvgIpc) is 2.81. The number of nitrogens with one attached hydrogen (secondary N) is 1. The number of hydrogen-bond donors (Lipinski definition) is 2. The maximum atomic E-state index is 5.63. The van der Waals surface area contributed by atoms with Crippen LogP contribution in [0.25, 0.3) is 0 Å². The van der Waals surface area contributed by atoms with Gasteiger partial charge in [-0.25, -0.2) is 0 Å². The van der Waals surface area contributed by atoms with Gasteiger partial charge in [0.05, 0.1) is 6.61 Å². The van der Waals surface area contributed by atoms with Crippen molar-refractivity contribution in [2.75, 3.05) is 26.4 Å². The van der Waals surface area contributed by atoms with Gasteiger partial charge in [0.15, 0.2) is 0 Å². The van der Waals surface area contributed by atoms with Crippen molar-refractivity contribution in [3.63, 3.8) is 0 Å². The Bertz CT molecular complexity index is 177. The van der Waals surface area contributed by atoms with Crippen molar-refractivity contribution in [1.82, 2.24) is 5.43 Å². The van der Waals surface area contributed by atoms with Crippen molar-refractivity contribution in [2.24, 2.45) is 17.7 Å². The first kappa shape index (κ1) is 11.3. The highest BCUT2D eigenvalue weighted by molar-refractivity contribution is 4.81. The van der Waals surface area contributed by atoms with Crippen LogP contribution in [-0.4, -0.2) is 32.5 Å². The Morgan fingerprint density at radius 2 is 1.87 bits per heavy atom. The van der Waals surface area contributed by atoms with E-state index < -0.39 is 0 Å². The van der Waals surface area contributed by atoms with Crippen molar-refractivity contribution < 1.29 is 9.47 Å². The van der Waals surface area contributed by atoms with E-state index in [1.165, 1.54) is 19.3 Å². The molecule has 2 heterocycles. The first-order chi connectivity index (χ1) is 7.40. The molecule has 4 nitrogen and oxygen atoms in total. The van der Waals surface area contributed by atoms with E-state index in [1.54, 1.807) is 0 Å². The predicted octanol–water partition coefficient (Wildman–Crippen LogP) is 0.671. The van der Waals surface area contributed by atoms with E-state index >= 15 is 0 Å². The van der Waals surface area contributed by atoms with E-state index in [-0.39, 0.29) is 0 Å². The lowest BCUT2D eigenvalue weighted by Gasteiger charge is -2.29. The summed E-state index contributed by atoms with van der Waals surface area (Å²) in [6.45, 7) is 3.61. The molecule has 4 heteroatoms. The van der Waals surface area contributed by atoms with Gasteiger partial charge in [-0.2, -0.15) is 0 Å². The minimum atomic E-state index is 0.426. The lowest BCUT2D eigenvalue weighted by molar-refractivity contribution is 0.0572. The number of nitrogens with two attached hydrogens (primary N) is 1. The molecule has 0 aromatic carbocycles. The van der Waals surface area contributed by atoms with E-state index in [1.807, 2.05) is 0 Å². The molecule has 2 unspecified atom stereocenters. The van der Waals surface area contributed by atoms with Crippen molar-refractivity contribution in [3.05, 3.63) is 0 Å². The molecule has 3 N–H and O–H groups in total. The highest BCUT2D eigenvalue weighted by Crippen LogP contribution is 2.26. The SMILES string of the molecule is NNC(CC1CCOCC1)C1CCOC1. The van der Waals surface area contributed by atoms with E-state index in [2.05, 4.69) is 5.43 Å². The van der Waals surface area contributed by atoms with Gasteiger partial charge in [-0.15, -0.1) is 0 Å². The van der Waals surface area contributed by atoms with Crippen LogP contribution in [0.4, 0.5) is 0 Å². The quantitative estimate of drug-likeness (QED) is 0.533. The molecule has 0 aromatic heterocycles. The van der Waals surface area contributed by atoms with E-state index in [0.29, 0.717) is 12.0 Å². The number of hydrazine groups is 1. The fourth-order valence-corrected chi connectivity index (χ4v) is 2.61.